The number of aromatic amines is 1. The van der Waals surface area contributed by atoms with Gasteiger partial charge in [-0.25, -0.2) is 0 Å². The van der Waals surface area contributed by atoms with Gasteiger partial charge in [-0.05, 0) is 12.5 Å². The zero-order chi connectivity index (χ0) is 14.0. The molecule has 0 radical (unpaired) electrons. The van der Waals surface area contributed by atoms with Gasteiger partial charge in [-0.2, -0.15) is 5.10 Å². The molecule has 1 aliphatic heterocycles. The van der Waals surface area contributed by atoms with Gasteiger partial charge in [0.15, 0.2) is 0 Å². The number of nitrogens with zero attached hydrogens (tertiary/aromatic N) is 1. The second-order valence-corrected chi connectivity index (χ2v) is 6.10. The Morgan fingerprint density at radius 2 is 2.32 bits per heavy atom. The molecule has 1 saturated heterocycles. The number of hydrogen-bond donors (Lipinski definition) is 4. The Balaban J connectivity index is 1.85. The standard InChI is InChI=1S/C13H22N4O2/c1-13(2,3)11-4-8(16-17-11)6-15-12(19)10-5-9(18)7-14-10/h4,9-10,14,18H,5-7H2,1-3H3,(H,15,19)(H,16,17)/t9-,10+/m1/s1. The van der Waals surface area contributed by atoms with Crippen LogP contribution < -0.4 is 10.6 Å². The summed E-state index contributed by atoms with van der Waals surface area (Å²) >= 11 is 0. The Bertz CT molecular complexity index is 450. The minimum atomic E-state index is -0.421. The van der Waals surface area contributed by atoms with Crippen LogP contribution in [0.15, 0.2) is 6.07 Å². The minimum absolute atomic E-state index is 0.00409. The van der Waals surface area contributed by atoms with Crippen molar-refractivity contribution in [3.05, 3.63) is 17.5 Å². The van der Waals surface area contributed by atoms with Gasteiger partial charge in [-0.1, -0.05) is 20.8 Å². The van der Waals surface area contributed by atoms with Gasteiger partial charge in [-0.15, -0.1) is 0 Å². The maximum Gasteiger partial charge on any atom is 0.237 e. The van der Waals surface area contributed by atoms with Crippen LogP contribution in [0.4, 0.5) is 0 Å². The number of aromatic nitrogens is 2. The van der Waals surface area contributed by atoms with Gasteiger partial charge in [0.1, 0.15) is 0 Å². The summed E-state index contributed by atoms with van der Waals surface area (Å²) in [4.78, 5) is 11.8. The first-order chi connectivity index (χ1) is 8.86. The normalized spacial score (nSPS) is 23.6. The fourth-order valence-electron chi connectivity index (χ4n) is 2.06. The van der Waals surface area contributed by atoms with Crippen molar-refractivity contribution >= 4 is 5.91 Å². The van der Waals surface area contributed by atoms with E-state index in [-0.39, 0.29) is 17.4 Å². The SMILES string of the molecule is CC(C)(C)c1cc(CNC(=O)[C@@H]2C[C@@H](O)CN2)[nH]n1. The molecular formula is C13H22N4O2. The van der Waals surface area contributed by atoms with Gasteiger partial charge in [0.05, 0.1) is 30.1 Å². The average molecular weight is 266 g/mol. The molecule has 0 aromatic carbocycles. The summed E-state index contributed by atoms with van der Waals surface area (Å²) in [6, 6.07) is 1.68. The number of nitrogens with one attached hydrogen (secondary N) is 3. The van der Waals surface area contributed by atoms with Crippen molar-refractivity contribution in [2.45, 2.75) is 51.3 Å². The lowest BCUT2D eigenvalue weighted by molar-refractivity contribution is -0.123. The van der Waals surface area contributed by atoms with E-state index in [2.05, 4.69) is 41.6 Å². The first-order valence-electron chi connectivity index (χ1n) is 6.60. The number of carbonyl (C=O) groups is 1. The number of β-amino-alcohol motifs (C(OH)–C–C–N with tert-alkyl or cyclic N) is 1. The molecular weight excluding hydrogens is 244 g/mol. The number of hydrogen-bond acceptors (Lipinski definition) is 4. The molecule has 4 N–H and O–H groups in total. The molecule has 1 fully saturated rings. The highest BCUT2D eigenvalue weighted by molar-refractivity contribution is 5.82. The first kappa shape index (κ1) is 14.0. The number of rotatable bonds is 3. The fourth-order valence-corrected chi connectivity index (χ4v) is 2.06. The number of carbonyl (C=O) groups excluding carboxylic acids is 1. The third kappa shape index (κ3) is 3.54. The van der Waals surface area contributed by atoms with E-state index in [0.29, 0.717) is 19.5 Å². The molecule has 0 spiro atoms. The van der Waals surface area contributed by atoms with Crippen LogP contribution in [0, 0.1) is 0 Å². The lowest BCUT2D eigenvalue weighted by atomic mass is 9.92. The van der Waals surface area contributed by atoms with Crippen molar-refractivity contribution in [3.63, 3.8) is 0 Å². The highest BCUT2D eigenvalue weighted by atomic mass is 16.3. The predicted octanol–water partition coefficient (Wildman–Crippen LogP) is 0.0462. The molecule has 6 heteroatoms. The molecule has 1 aromatic heterocycles. The number of amides is 1. The van der Waals surface area contributed by atoms with Gasteiger partial charge >= 0.3 is 0 Å². The van der Waals surface area contributed by atoms with E-state index in [4.69, 9.17) is 0 Å². The molecule has 1 amide bonds. The van der Waals surface area contributed by atoms with Gasteiger partial charge in [0.25, 0.3) is 0 Å². The van der Waals surface area contributed by atoms with E-state index in [1.54, 1.807) is 0 Å². The third-order valence-electron chi connectivity index (χ3n) is 3.28. The molecule has 0 bridgehead atoms. The number of aliphatic hydroxyl groups excluding tert-OH is 1. The maximum atomic E-state index is 11.8. The van der Waals surface area contributed by atoms with Crippen LogP contribution in [0.1, 0.15) is 38.6 Å². The van der Waals surface area contributed by atoms with Crippen molar-refractivity contribution in [1.29, 1.82) is 0 Å². The van der Waals surface area contributed by atoms with Crippen LogP contribution in [-0.2, 0) is 16.8 Å². The maximum absolute atomic E-state index is 11.8. The number of aliphatic hydroxyl groups is 1. The van der Waals surface area contributed by atoms with Gasteiger partial charge in [-0.3, -0.25) is 9.89 Å². The summed E-state index contributed by atoms with van der Waals surface area (Å²) in [6.07, 6.45) is 0.0533. The predicted molar refractivity (Wildman–Crippen MR) is 71.5 cm³/mol. The highest BCUT2D eigenvalue weighted by Crippen LogP contribution is 2.20. The van der Waals surface area contributed by atoms with Gasteiger partial charge in [0, 0.05) is 12.0 Å². The van der Waals surface area contributed by atoms with Crippen LogP contribution in [0.25, 0.3) is 0 Å². The Labute approximate surface area is 113 Å². The molecule has 2 atom stereocenters. The zero-order valence-corrected chi connectivity index (χ0v) is 11.7. The van der Waals surface area contributed by atoms with Crippen LogP contribution in [0.2, 0.25) is 0 Å². The van der Waals surface area contributed by atoms with Crippen molar-refractivity contribution in [1.82, 2.24) is 20.8 Å². The molecule has 0 saturated carbocycles. The molecule has 106 valence electrons. The molecule has 0 aliphatic carbocycles. The summed E-state index contributed by atoms with van der Waals surface area (Å²) in [5.41, 5.74) is 1.86. The number of H-pyrrole nitrogens is 1. The summed E-state index contributed by atoms with van der Waals surface area (Å²) in [6.45, 7) is 7.19. The van der Waals surface area contributed by atoms with Crippen molar-refractivity contribution in [2.24, 2.45) is 0 Å². The molecule has 6 nitrogen and oxygen atoms in total. The Kier molecular flexibility index (Phi) is 3.91. The van der Waals surface area contributed by atoms with Crippen LogP contribution in [-0.4, -0.2) is 39.9 Å². The van der Waals surface area contributed by atoms with Crippen molar-refractivity contribution < 1.29 is 9.90 Å². The van der Waals surface area contributed by atoms with E-state index >= 15 is 0 Å². The van der Waals surface area contributed by atoms with E-state index in [1.165, 1.54) is 0 Å². The summed E-state index contributed by atoms with van der Waals surface area (Å²) in [5, 5.41) is 22.4. The molecule has 0 unspecified atom stereocenters. The topological polar surface area (TPSA) is 90.0 Å². The largest absolute Gasteiger partial charge is 0.392 e. The van der Waals surface area contributed by atoms with Crippen LogP contribution in [0.5, 0.6) is 0 Å². The van der Waals surface area contributed by atoms with Gasteiger partial charge in [0.2, 0.25) is 5.91 Å². The van der Waals surface area contributed by atoms with E-state index in [0.717, 1.165) is 11.4 Å². The zero-order valence-electron chi connectivity index (χ0n) is 11.7. The van der Waals surface area contributed by atoms with E-state index in [9.17, 15) is 9.90 Å². The van der Waals surface area contributed by atoms with E-state index in [1.807, 2.05) is 6.07 Å². The third-order valence-corrected chi connectivity index (χ3v) is 3.28. The molecule has 2 rings (SSSR count). The van der Waals surface area contributed by atoms with Crippen molar-refractivity contribution in [3.8, 4) is 0 Å². The summed E-state index contributed by atoms with van der Waals surface area (Å²) in [5.74, 6) is -0.0801. The Morgan fingerprint density at radius 3 is 2.84 bits per heavy atom. The first-order valence-corrected chi connectivity index (χ1v) is 6.60. The van der Waals surface area contributed by atoms with E-state index < -0.39 is 6.10 Å². The quantitative estimate of drug-likeness (QED) is 0.622. The van der Waals surface area contributed by atoms with Gasteiger partial charge < -0.3 is 15.7 Å². The minimum Gasteiger partial charge on any atom is -0.392 e. The lowest BCUT2D eigenvalue weighted by Gasteiger charge is -2.13. The molecule has 19 heavy (non-hydrogen) atoms. The fraction of sp³-hybridized carbons (Fsp3) is 0.692. The molecule has 1 aromatic rings. The second kappa shape index (κ2) is 5.30. The second-order valence-electron chi connectivity index (χ2n) is 6.10. The Hall–Kier alpha value is -1.40. The molecule has 2 heterocycles. The average Bonchev–Trinajstić information content (AvgIpc) is 2.93. The van der Waals surface area contributed by atoms with Crippen molar-refractivity contribution in [2.75, 3.05) is 6.54 Å². The Morgan fingerprint density at radius 1 is 1.58 bits per heavy atom. The monoisotopic (exact) mass is 266 g/mol. The van der Waals surface area contributed by atoms with Crippen LogP contribution >= 0.6 is 0 Å². The lowest BCUT2D eigenvalue weighted by Crippen LogP contribution is -2.40. The van der Waals surface area contributed by atoms with Crippen LogP contribution in [0.3, 0.4) is 0 Å². The summed E-state index contributed by atoms with van der Waals surface area (Å²) in [7, 11) is 0. The molecule has 1 aliphatic rings. The highest BCUT2D eigenvalue weighted by Gasteiger charge is 2.27. The smallest absolute Gasteiger partial charge is 0.237 e. The summed E-state index contributed by atoms with van der Waals surface area (Å²) < 4.78 is 0.